The summed E-state index contributed by atoms with van der Waals surface area (Å²) in [7, 11) is 0. The molecule has 0 heterocycles. The molecule has 2 unspecified atom stereocenters. The van der Waals surface area contributed by atoms with Crippen LogP contribution in [-0.2, 0) is 12.8 Å². The van der Waals surface area contributed by atoms with E-state index in [-0.39, 0.29) is 24.0 Å². The van der Waals surface area contributed by atoms with E-state index in [2.05, 4.69) is 52.8 Å². The zero-order valence-corrected chi connectivity index (χ0v) is 15.4. The van der Waals surface area contributed by atoms with E-state index in [1.165, 1.54) is 36.0 Å². The zero-order valence-electron chi connectivity index (χ0n) is 13.0. The van der Waals surface area contributed by atoms with Gasteiger partial charge in [0.2, 0.25) is 0 Å². The molecule has 0 aliphatic heterocycles. The first-order valence-corrected chi connectivity index (χ1v) is 8.06. The van der Waals surface area contributed by atoms with Crippen molar-refractivity contribution in [3.05, 3.63) is 65.2 Å². The van der Waals surface area contributed by atoms with Crippen LogP contribution >= 0.6 is 24.0 Å². The number of guanidine groups is 1. The Kier molecular flexibility index (Phi) is 4.90. The maximum atomic E-state index is 6.07. The van der Waals surface area contributed by atoms with Crippen molar-refractivity contribution in [3.8, 4) is 0 Å². The van der Waals surface area contributed by atoms with Crippen LogP contribution in [0.15, 0.2) is 53.5 Å². The number of hydrogen-bond donors (Lipinski definition) is 2. The van der Waals surface area contributed by atoms with Crippen LogP contribution in [0.1, 0.15) is 35.4 Å². The number of aliphatic imine (C=N–C) groups is 1. The van der Waals surface area contributed by atoms with Crippen LogP contribution in [0, 0.1) is 0 Å². The molecule has 0 aromatic heterocycles. The molecule has 0 bridgehead atoms. The highest BCUT2D eigenvalue weighted by atomic mass is 127. The van der Waals surface area contributed by atoms with Crippen molar-refractivity contribution in [1.29, 1.82) is 0 Å². The minimum Gasteiger partial charge on any atom is -0.370 e. The normalized spacial score (nSPS) is 22.2. The van der Waals surface area contributed by atoms with Gasteiger partial charge in [0.1, 0.15) is 0 Å². The summed E-state index contributed by atoms with van der Waals surface area (Å²) in [6.45, 7) is 0. The Morgan fingerprint density at radius 3 is 2.65 bits per heavy atom. The van der Waals surface area contributed by atoms with Gasteiger partial charge in [-0.1, -0.05) is 36.4 Å². The van der Waals surface area contributed by atoms with Gasteiger partial charge >= 0.3 is 0 Å². The number of benzene rings is 2. The van der Waals surface area contributed by atoms with Gasteiger partial charge in [-0.2, -0.15) is 0 Å². The van der Waals surface area contributed by atoms with Crippen LogP contribution in [0.5, 0.6) is 0 Å². The monoisotopic (exact) mass is 419 g/mol. The SMILES string of the molecule is I.NC(=NC1CC1c1ccccc1)Nc1ccc2c(c1)CCC2. The van der Waals surface area contributed by atoms with E-state index >= 15 is 0 Å². The van der Waals surface area contributed by atoms with E-state index < -0.39 is 0 Å². The Labute approximate surface area is 154 Å². The van der Waals surface area contributed by atoms with E-state index in [0.29, 0.717) is 17.9 Å². The van der Waals surface area contributed by atoms with E-state index in [1.54, 1.807) is 0 Å². The number of fused-ring (bicyclic) bond motifs is 1. The summed E-state index contributed by atoms with van der Waals surface area (Å²) in [4.78, 5) is 4.62. The van der Waals surface area contributed by atoms with Crippen LogP contribution in [0.25, 0.3) is 0 Å². The number of rotatable bonds is 3. The standard InChI is InChI=1S/C19H21N3.HI/c20-19(21-16-10-9-13-7-4-8-15(13)11-16)22-18-12-17(18)14-5-2-1-3-6-14;/h1-3,5-6,9-11,17-18H,4,7-8,12H2,(H3,20,21,22);1H. The molecular formula is C19H22IN3. The molecule has 3 nitrogen and oxygen atoms in total. The summed E-state index contributed by atoms with van der Waals surface area (Å²) < 4.78 is 0. The molecule has 2 aliphatic rings. The predicted octanol–water partition coefficient (Wildman–Crippen LogP) is 4.08. The van der Waals surface area contributed by atoms with Crippen molar-refractivity contribution in [1.82, 2.24) is 0 Å². The fourth-order valence-corrected chi connectivity index (χ4v) is 3.39. The Bertz CT molecular complexity index is 712. The highest BCUT2D eigenvalue weighted by Crippen LogP contribution is 2.43. The number of anilines is 1. The van der Waals surface area contributed by atoms with Crippen LogP contribution in [0.3, 0.4) is 0 Å². The topological polar surface area (TPSA) is 50.4 Å². The third kappa shape index (κ3) is 3.68. The lowest BCUT2D eigenvalue weighted by molar-refractivity contribution is 0.912. The molecule has 0 spiro atoms. The lowest BCUT2D eigenvalue weighted by Crippen LogP contribution is -2.23. The molecule has 0 saturated heterocycles. The maximum absolute atomic E-state index is 6.07. The van der Waals surface area contributed by atoms with Gasteiger partial charge in [-0.3, -0.25) is 0 Å². The average Bonchev–Trinajstić information content (AvgIpc) is 3.13. The number of halogens is 1. The molecule has 0 amide bonds. The molecule has 1 fully saturated rings. The van der Waals surface area contributed by atoms with Gasteiger partial charge in [-0.25, -0.2) is 4.99 Å². The van der Waals surface area contributed by atoms with E-state index in [0.717, 1.165) is 12.1 Å². The first kappa shape index (κ1) is 16.3. The summed E-state index contributed by atoms with van der Waals surface area (Å²) in [5, 5.41) is 3.24. The van der Waals surface area contributed by atoms with E-state index in [9.17, 15) is 0 Å². The predicted molar refractivity (Wildman–Crippen MR) is 107 cm³/mol. The molecular weight excluding hydrogens is 397 g/mol. The summed E-state index contributed by atoms with van der Waals surface area (Å²) in [6, 6.07) is 17.4. The first-order valence-electron chi connectivity index (χ1n) is 8.06. The Hall–Kier alpha value is -1.56. The molecule has 2 atom stereocenters. The molecule has 0 radical (unpaired) electrons. The summed E-state index contributed by atoms with van der Waals surface area (Å²) in [5.41, 5.74) is 11.4. The zero-order chi connectivity index (χ0) is 14.9. The van der Waals surface area contributed by atoms with Crippen molar-refractivity contribution in [3.63, 3.8) is 0 Å². The highest BCUT2D eigenvalue weighted by Gasteiger charge is 2.38. The minimum absolute atomic E-state index is 0. The second kappa shape index (κ2) is 6.91. The minimum atomic E-state index is 0. The lowest BCUT2D eigenvalue weighted by Gasteiger charge is -2.08. The lowest BCUT2D eigenvalue weighted by atomic mass is 10.1. The summed E-state index contributed by atoms with van der Waals surface area (Å²) >= 11 is 0. The molecule has 2 aliphatic carbocycles. The molecule has 4 heteroatoms. The second-order valence-corrected chi connectivity index (χ2v) is 6.30. The number of hydrogen-bond acceptors (Lipinski definition) is 1. The number of nitrogens with two attached hydrogens (primary N) is 1. The van der Waals surface area contributed by atoms with Gasteiger partial charge in [0.05, 0.1) is 6.04 Å². The Morgan fingerprint density at radius 1 is 1.04 bits per heavy atom. The fourth-order valence-electron chi connectivity index (χ4n) is 3.39. The summed E-state index contributed by atoms with van der Waals surface area (Å²) in [6.07, 6.45) is 4.75. The van der Waals surface area contributed by atoms with Crippen molar-refractivity contribution in [2.45, 2.75) is 37.6 Å². The van der Waals surface area contributed by atoms with Crippen LogP contribution in [-0.4, -0.2) is 12.0 Å². The first-order chi connectivity index (χ1) is 10.8. The van der Waals surface area contributed by atoms with Crippen LogP contribution in [0.2, 0.25) is 0 Å². The van der Waals surface area contributed by atoms with E-state index in [4.69, 9.17) is 5.73 Å². The van der Waals surface area contributed by atoms with Gasteiger partial charge in [0.25, 0.3) is 0 Å². The average molecular weight is 419 g/mol. The van der Waals surface area contributed by atoms with Crippen molar-refractivity contribution >= 4 is 35.6 Å². The number of nitrogens with one attached hydrogen (secondary N) is 1. The molecule has 2 aromatic rings. The number of nitrogens with zero attached hydrogens (tertiary/aromatic N) is 1. The van der Waals surface area contributed by atoms with Crippen molar-refractivity contribution in [2.75, 3.05) is 5.32 Å². The largest absolute Gasteiger partial charge is 0.370 e. The molecule has 4 rings (SSSR count). The van der Waals surface area contributed by atoms with Crippen LogP contribution in [0.4, 0.5) is 5.69 Å². The van der Waals surface area contributed by atoms with Gasteiger partial charge in [-0.15, -0.1) is 24.0 Å². The Balaban J connectivity index is 0.00000156. The van der Waals surface area contributed by atoms with Crippen LogP contribution < -0.4 is 11.1 Å². The second-order valence-electron chi connectivity index (χ2n) is 6.30. The fraction of sp³-hybridized carbons (Fsp3) is 0.316. The van der Waals surface area contributed by atoms with Crippen molar-refractivity contribution in [2.24, 2.45) is 10.7 Å². The molecule has 1 saturated carbocycles. The third-order valence-corrected chi connectivity index (χ3v) is 4.66. The number of aryl methyl sites for hydroxylation is 2. The maximum Gasteiger partial charge on any atom is 0.193 e. The van der Waals surface area contributed by atoms with Gasteiger partial charge < -0.3 is 11.1 Å². The third-order valence-electron chi connectivity index (χ3n) is 4.66. The molecule has 23 heavy (non-hydrogen) atoms. The summed E-state index contributed by atoms with van der Waals surface area (Å²) in [5.74, 6) is 1.06. The van der Waals surface area contributed by atoms with Gasteiger partial charge in [0.15, 0.2) is 5.96 Å². The smallest absolute Gasteiger partial charge is 0.193 e. The molecule has 3 N–H and O–H groups in total. The quantitative estimate of drug-likeness (QED) is 0.448. The van der Waals surface area contributed by atoms with E-state index in [1.807, 2.05) is 6.07 Å². The highest BCUT2D eigenvalue weighted by molar-refractivity contribution is 14.0. The van der Waals surface area contributed by atoms with Crippen molar-refractivity contribution < 1.29 is 0 Å². The van der Waals surface area contributed by atoms with Gasteiger partial charge in [-0.05, 0) is 54.5 Å². The molecule has 2 aromatic carbocycles. The molecule has 120 valence electrons. The van der Waals surface area contributed by atoms with Gasteiger partial charge in [0, 0.05) is 11.6 Å². The Morgan fingerprint density at radius 2 is 1.83 bits per heavy atom.